The molecule has 2 aromatic rings. The zero-order valence-electron chi connectivity index (χ0n) is 38.0. The summed E-state index contributed by atoms with van der Waals surface area (Å²) in [5, 5.41) is 21.0. The standard InChI is InChI=1S/C39H56N10O3.C5H12O.CH2O2/c1-25(2)35(44-24-50)37(51)48-20-8-10-33(48)31(46-40)22-42-29-16-12-27(13-17-29)28-14-18-30(19-15-28)43-23-32(47-41)34-11-9-21-49(34)38(52)36(26(3)4)45-39(5,6)7;1-5(2,3)6-4;2-1-3/h12-19,22-26,33-36,45H,8-11,20-21,40-41H2,1-7H3,(H,44,50);1-4H3;1H,(H,2,3)/b42-22?,43-23?,46-31+,47-32+;;. The largest absolute Gasteiger partial charge is 0.483 e. The number of hydrazone groups is 2. The maximum absolute atomic E-state index is 13.7. The van der Waals surface area contributed by atoms with Crippen LogP contribution in [0.3, 0.4) is 0 Å². The van der Waals surface area contributed by atoms with Crippen LogP contribution in [0, 0.1) is 11.8 Å². The van der Waals surface area contributed by atoms with Crippen LogP contribution >= 0.6 is 0 Å². The maximum Gasteiger partial charge on any atom is 0.290 e. The van der Waals surface area contributed by atoms with Gasteiger partial charge in [-0.25, -0.2) is 0 Å². The minimum Gasteiger partial charge on any atom is -0.483 e. The van der Waals surface area contributed by atoms with Crippen LogP contribution in [-0.4, -0.2) is 119 Å². The number of likely N-dealkylation sites (tertiary alicyclic amines) is 2. The van der Waals surface area contributed by atoms with Gasteiger partial charge < -0.3 is 42.0 Å². The van der Waals surface area contributed by atoms with Gasteiger partial charge in [-0.1, -0.05) is 52.0 Å². The van der Waals surface area contributed by atoms with Crippen molar-refractivity contribution in [2.45, 2.75) is 130 Å². The van der Waals surface area contributed by atoms with Gasteiger partial charge in [-0.15, -0.1) is 0 Å². The van der Waals surface area contributed by atoms with Gasteiger partial charge in [-0.2, -0.15) is 10.2 Å². The topological polar surface area (TPSA) is 230 Å². The molecule has 2 heterocycles. The van der Waals surface area contributed by atoms with Crippen molar-refractivity contribution < 1.29 is 29.0 Å². The van der Waals surface area contributed by atoms with E-state index in [1.165, 1.54) is 0 Å². The number of carbonyl (C=O) groups is 4. The number of carbonyl (C=O) groups excluding carboxylic acids is 3. The van der Waals surface area contributed by atoms with Gasteiger partial charge in [0.25, 0.3) is 6.47 Å². The second-order valence-electron chi connectivity index (χ2n) is 17.6. The zero-order valence-corrected chi connectivity index (χ0v) is 38.0. The fraction of sp³-hybridized carbons (Fsp3) is 0.556. The Hall–Kier alpha value is -5.48. The van der Waals surface area contributed by atoms with Crippen LogP contribution in [0.2, 0.25) is 0 Å². The Bertz CT molecular complexity index is 1810. The number of nitrogens with one attached hydrogen (secondary N) is 2. The van der Waals surface area contributed by atoms with E-state index in [1.807, 2.05) is 88.0 Å². The highest BCUT2D eigenvalue weighted by Gasteiger charge is 2.38. The molecule has 16 nitrogen and oxygen atoms in total. The van der Waals surface area contributed by atoms with Gasteiger partial charge >= 0.3 is 0 Å². The van der Waals surface area contributed by atoms with Crippen molar-refractivity contribution in [2.75, 3.05) is 20.2 Å². The zero-order chi connectivity index (χ0) is 45.9. The monoisotopic (exact) mass is 847 g/mol. The molecule has 4 rings (SSSR count). The van der Waals surface area contributed by atoms with Gasteiger partial charge in [0, 0.05) is 25.7 Å². The lowest BCUT2D eigenvalue weighted by Crippen LogP contribution is -2.56. The predicted octanol–water partition coefficient (Wildman–Crippen LogP) is 5.69. The molecule has 4 atom stereocenters. The summed E-state index contributed by atoms with van der Waals surface area (Å²) in [4.78, 5) is 59.3. The first kappa shape index (κ1) is 51.7. The number of ether oxygens (including phenoxy) is 1. The molecule has 0 bridgehead atoms. The maximum atomic E-state index is 13.7. The van der Waals surface area contributed by atoms with Gasteiger partial charge in [0.1, 0.15) is 17.5 Å². The third-order valence-corrected chi connectivity index (χ3v) is 10.1. The Morgan fingerprint density at radius 3 is 1.39 bits per heavy atom. The van der Waals surface area contributed by atoms with Crippen LogP contribution in [-0.2, 0) is 23.9 Å². The minimum absolute atomic E-state index is 0.0417. The average molecular weight is 847 g/mol. The van der Waals surface area contributed by atoms with Crippen molar-refractivity contribution in [3.8, 4) is 11.1 Å². The summed E-state index contributed by atoms with van der Waals surface area (Å²) in [5.74, 6) is 11.6. The highest BCUT2D eigenvalue weighted by atomic mass is 16.5. The molecule has 0 aromatic heterocycles. The number of carboxylic acid groups (broad SMARTS) is 1. The van der Waals surface area contributed by atoms with Crippen molar-refractivity contribution in [1.82, 2.24) is 20.4 Å². The summed E-state index contributed by atoms with van der Waals surface area (Å²) >= 11 is 0. The van der Waals surface area contributed by atoms with Crippen LogP contribution in [0.4, 0.5) is 11.4 Å². The molecule has 2 fully saturated rings. The van der Waals surface area contributed by atoms with E-state index in [2.05, 4.69) is 65.4 Å². The number of amides is 3. The van der Waals surface area contributed by atoms with E-state index in [-0.39, 0.29) is 59.4 Å². The number of nitrogens with zero attached hydrogens (tertiary/aromatic N) is 6. The number of rotatable bonds is 14. The Morgan fingerprint density at radius 1 is 0.738 bits per heavy atom. The smallest absolute Gasteiger partial charge is 0.290 e. The first-order valence-electron chi connectivity index (χ1n) is 20.8. The van der Waals surface area contributed by atoms with Crippen molar-refractivity contribution >= 4 is 59.9 Å². The number of methoxy groups -OCH3 is 1. The number of nitrogens with two attached hydrogens (primary N) is 2. The van der Waals surface area contributed by atoms with E-state index in [0.29, 0.717) is 43.0 Å². The number of benzene rings is 2. The summed E-state index contributed by atoms with van der Waals surface area (Å²) in [6.07, 6.45) is 7.04. The van der Waals surface area contributed by atoms with E-state index in [9.17, 15) is 14.4 Å². The molecular weight excluding hydrogens is 777 g/mol. The predicted molar refractivity (Wildman–Crippen MR) is 246 cm³/mol. The van der Waals surface area contributed by atoms with Crippen molar-refractivity contribution in [3.05, 3.63) is 48.5 Å². The highest BCUT2D eigenvalue weighted by Crippen LogP contribution is 2.27. The molecule has 16 heteroatoms. The quantitative estimate of drug-likeness (QED) is 0.0680. The molecule has 0 radical (unpaired) electrons. The minimum atomic E-state index is -0.612. The molecule has 3 amide bonds. The third-order valence-electron chi connectivity index (χ3n) is 10.1. The van der Waals surface area contributed by atoms with E-state index in [4.69, 9.17) is 26.3 Å². The number of hydrogen-bond acceptors (Lipinski definition) is 12. The van der Waals surface area contributed by atoms with E-state index < -0.39 is 6.04 Å². The summed E-state index contributed by atoms with van der Waals surface area (Å²) < 4.78 is 4.94. The molecule has 2 aliphatic heterocycles. The lowest BCUT2D eigenvalue weighted by atomic mass is 9.97. The van der Waals surface area contributed by atoms with Crippen LogP contribution in [0.15, 0.2) is 68.7 Å². The second kappa shape index (κ2) is 24.7. The summed E-state index contributed by atoms with van der Waals surface area (Å²) in [6, 6.07) is 14.2. The Kier molecular flexibility index (Phi) is 20.9. The highest BCUT2D eigenvalue weighted by molar-refractivity contribution is 6.34. The van der Waals surface area contributed by atoms with Gasteiger partial charge in [-0.3, -0.25) is 29.2 Å². The Balaban J connectivity index is 0.00000129. The van der Waals surface area contributed by atoms with Gasteiger partial charge in [0.15, 0.2) is 0 Å². The van der Waals surface area contributed by atoms with Crippen molar-refractivity contribution in [1.29, 1.82) is 0 Å². The second-order valence-corrected chi connectivity index (χ2v) is 17.6. The lowest BCUT2D eigenvalue weighted by molar-refractivity contribution is -0.136. The molecule has 7 N–H and O–H groups in total. The molecular formula is C45H70N10O6. The van der Waals surface area contributed by atoms with Gasteiger partial charge in [0.05, 0.1) is 47.5 Å². The molecule has 0 aliphatic carbocycles. The molecule has 2 aliphatic rings. The molecule has 0 spiro atoms. The molecule has 336 valence electrons. The third kappa shape index (κ3) is 16.5. The first-order chi connectivity index (χ1) is 28.7. The molecule has 2 aromatic carbocycles. The Morgan fingerprint density at radius 2 is 1.10 bits per heavy atom. The van der Waals surface area contributed by atoms with Crippen LogP contribution in [0.1, 0.15) is 94.9 Å². The van der Waals surface area contributed by atoms with E-state index in [0.717, 1.165) is 36.1 Å². The number of aliphatic imine (C=N–C) groups is 2. The fourth-order valence-electron chi connectivity index (χ4n) is 6.81. The number of hydrogen-bond donors (Lipinski definition) is 5. The SMILES string of the molecule is CC(C)C(NC=O)C(=O)N1CCCC1/C(C=Nc1ccc(-c2ccc(N=C/C(=N\N)C3CCCN3C(=O)C(NC(C)(C)C)C(C)C)cc2)cc1)=N/N.COC(C)(C)C.O=CO. The lowest BCUT2D eigenvalue weighted by Gasteiger charge is -2.35. The molecule has 61 heavy (non-hydrogen) atoms. The molecule has 2 saturated heterocycles. The molecule has 0 saturated carbocycles. The van der Waals surface area contributed by atoms with E-state index >= 15 is 0 Å². The molecule has 4 unspecified atom stereocenters. The first-order valence-corrected chi connectivity index (χ1v) is 20.8. The van der Waals surface area contributed by atoms with Crippen LogP contribution in [0.5, 0.6) is 0 Å². The summed E-state index contributed by atoms with van der Waals surface area (Å²) in [5.41, 5.74) is 4.40. The summed E-state index contributed by atoms with van der Waals surface area (Å²) in [6.45, 7) is 21.1. The normalized spacial score (nSPS) is 18.4. The van der Waals surface area contributed by atoms with E-state index in [1.54, 1.807) is 24.4 Å². The van der Waals surface area contributed by atoms with Crippen LogP contribution < -0.4 is 22.3 Å². The van der Waals surface area contributed by atoms with Crippen molar-refractivity contribution in [3.63, 3.8) is 0 Å². The van der Waals surface area contributed by atoms with Crippen molar-refractivity contribution in [2.24, 2.45) is 43.7 Å². The fourth-order valence-corrected chi connectivity index (χ4v) is 6.81. The van der Waals surface area contributed by atoms with Gasteiger partial charge in [0.2, 0.25) is 18.2 Å². The average Bonchev–Trinajstić information content (AvgIpc) is 3.91. The van der Waals surface area contributed by atoms with Crippen LogP contribution in [0.25, 0.3) is 11.1 Å². The Labute approximate surface area is 362 Å². The van der Waals surface area contributed by atoms with Gasteiger partial charge in [-0.05, 0) is 114 Å². The summed E-state index contributed by atoms with van der Waals surface area (Å²) in [7, 11) is 1.71.